The third-order valence-electron chi connectivity index (χ3n) is 4.92. The number of fused-ring (bicyclic) bond motifs is 1. The maximum atomic E-state index is 12.4. The summed E-state index contributed by atoms with van der Waals surface area (Å²) in [5.41, 5.74) is 4.81. The van der Waals surface area contributed by atoms with Crippen LogP contribution in [-0.4, -0.2) is 40.8 Å². The molecule has 9 heteroatoms. The lowest BCUT2D eigenvalue weighted by Gasteiger charge is -2.16. The molecular formula is C21H22N6O3. The monoisotopic (exact) mass is 406 g/mol. The van der Waals surface area contributed by atoms with Gasteiger partial charge in [-0.1, -0.05) is 0 Å². The Bertz CT molecular complexity index is 1140. The van der Waals surface area contributed by atoms with Crippen molar-refractivity contribution in [3.63, 3.8) is 0 Å². The number of nitrogens with zero attached hydrogens (tertiary/aromatic N) is 5. The quantitative estimate of drug-likeness (QED) is 0.697. The zero-order valence-electron chi connectivity index (χ0n) is 17.3. The van der Waals surface area contributed by atoms with E-state index in [1.165, 1.54) is 18.2 Å². The number of carbonyl (C=O) groups excluding carboxylic acids is 2. The van der Waals surface area contributed by atoms with Crippen LogP contribution in [0.5, 0.6) is 0 Å². The van der Waals surface area contributed by atoms with Crippen molar-refractivity contribution in [2.24, 2.45) is 0 Å². The van der Waals surface area contributed by atoms with E-state index >= 15 is 0 Å². The predicted molar refractivity (Wildman–Crippen MR) is 111 cm³/mol. The van der Waals surface area contributed by atoms with E-state index in [0.717, 1.165) is 17.0 Å². The van der Waals surface area contributed by atoms with Crippen LogP contribution in [0.15, 0.2) is 30.5 Å². The number of hydrogen-bond acceptors (Lipinski definition) is 6. The highest BCUT2D eigenvalue weighted by Crippen LogP contribution is 2.20. The van der Waals surface area contributed by atoms with Crippen LogP contribution in [0.3, 0.4) is 0 Å². The first kappa shape index (κ1) is 20.8. The number of aryl methyl sites for hydroxylation is 2. The zero-order valence-corrected chi connectivity index (χ0v) is 17.3. The van der Waals surface area contributed by atoms with Crippen LogP contribution in [-0.2, 0) is 16.0 Å². The van der Waals surface area contributed by atoms with Gasteiger partial charge in [0, 0.05) is 36.2 Å². The van der Waals surface area contributed by atoms with Crippen LogP contribution in [0.4, 0.5) is 16.2 Å². The predicted octanol–water partition coefficient (Wildman–Crippen LogP) is 2.99. The summed E-state index contributed by atoms with van der Waals surface area (Å²) in [6, 6.07) is 8.99. The molecule has 2 amide bonds. The molecule has 0 aliphatic rings. The lowest BCUT2D eigenvalue weighted by molar-refractivity contribution is -0.116. The summed E-state index contributed by atoms with van der Waals surface area (Å²) in [5, 5.41) is 16.2. The summed E-state index contributed by atoms with van der Waals surface area (Å²) in [6.07, 6.45) is 1.79. The molecular weight excluding hydrogens is 384 g/mol. The van der Waals surface area contributed by atoms with Crippen molar-refractivity contribution in [2.75, 3.05) is 24.4 Å². The molecule has 0 unspecified atom stereocenters. The smallest absolute Gasteiger partial charge is 0.413 e. The first-order valence-corrected chi connectivity index (χ1v) is 9.31. The van der Waals surface area contributed by atoms with E-state index in [2.05, 4.69) is 26.2 Å². The Kier molecular flexibility index (Phi) is 5.97. The Hall–Kier alpha value is -3.93. The fourth-order valence-corrected chi connectivity index (χ4v) is 3.22. The fourth-order valence-electron chi connectivity index (χ4n) is 3.22. The van der Waals surface area contributed by atoms with Gasteiger partial charge in [0.15, 0.2) is 5.65 Å². The largest absolute Gasteiger partial charge is 0.452 e. The molecule has 3 rings (SSSR count). The molecule has 0 spiro atoms. The zero-order chi connectivity index (χ0) is 21.8. The van der Waals surface area contributed by atoms with E-state index in [-0.39, 0.29) is 12.3 Å². The molecule has 1 aromatic carbocycles. The van der Waals surface area contributed by atoms with Gasteiger partial charge in [0.05, 0.1) is 13.3 Å². The van der Waals surface area contributed by atoms with Crippen molar-refractivity contribution in [3.05, 3.63) is 53.0 Å². The molecule has 9 nitrogen and oxygen atoms in total. The maximum Gasteiger partial charge on any atom is 0.413 e. The first-order valence-electron chi connectivity index (χ1n) is 9.31. The van der Waals surface area contributed by atoms with E-state index in [1.807, 2.05) is 13.8 Å². The number of carbonyl (C=O) groups is 2. The number of anilines is 2. The average molecular weight is 406 g/mol. The van der Waals surface area contributed by atoms with Gasteiger partial charge in [0.2, 0.25) is 5.91 Å². The van der Waals surface area contributed by atoms with Gasteiger partial charge in [-0.2, -0.15) is 10.4 Å². The van der Waals surface area contributed by atoms with Crippen molar-refractivity contribution in [3.8, 4) is 6.07 Å². The summed E-state index contributed by atoms with van der Waals surface area (Å²) in [7, 11) is 2.92. The van der Waals surface area contributed by atoms with Crippen molar-refractivity contribution in [2.45, 2.75) is 26.7 Å². The molecule has 0 saturated carbocycles. The van der Waals surface area contributed by atoms with E-state index in [0.29, 0.717) is 29.0 Å². The number of ether oxygens (including phenoxy) is 1. The molecule has 0 fully saturated rings. The number of hydrogen-bond donors (Lipinski definition) is 1. The molecule has 0 radical (unpaired) electrons. The Balaban J connectivity index is 1.66. The van der Waals surface area contributed by atoms with Crippen LogP contribution in [0.25, 0.3) is 5.65 Å². The number of aromatic nitrogens is 3. The maximum absolute atomic E-state index is 12.4. The average Bonchev–Trinajstić information content (AvgIpc) is 3.16. The summed E-state index contributed by atoms with van der Waals surface area (Å²) in [6.45, 7) is 3.77. The fraction of sp³-hybridized carbons (Fsp3) is 0.286. The molecule has 0 aliphatic heterocycles. The van der Waals surface area contributed by atoms with Gasteiger partial charge in [0.25, 0.3) is 0 Å². The molecule has 0 bridgehead atoms. The van der Waals surface area contributed by atoms with E-state index < -0.39 is 6.09 Å². The molecule has 1 N–H and O–H groups in total. The Morgan fingerprint density at radius 2 is 1.97 bits per heavy atom. The van der Waals surface area contributed by atoms with Gasteiger partial charge in [-0.05, 0) is 50.1 Å². The number of amides is 2. The summed E-state index contributed by atoms with van der Waals surface area (Å²) >= 11 is 0. The number of nitriles is 1. The van der Waals surface area contributed by atoms with Crippen molar-refractivity contribution < 1.29 is 14.3 Å². The minimum absolute atomic E-state index is 0.138. The second kappa shape index (κ2) is 8.61. The van der Waals surface area contributed by atoms with Crippen LogP contribution >= 0.6 is 0 Å². The minimum Gasteiger partial charge on any atom is -0.452 e. The highest BCUT2D eigenvalue weighted by molar-refractivity contribution is 5.92. The summed E-state index contributed by atoms with van der Waals surface area (Å²) < 4.78 is 6.31. The minimum atomic E-state index is -0.470. The van der Waals surface area contributed by atoms with Gasteiger partial charge in [-0.3, -0.25) is 9.69 Å². The second-order valence-electron chi connectivity index (χ2n) is 6.79. The number of rotatable bonds is 5. The SMILES string of the molecule is COC(=O)N(C)c1ccc(NC(=O)CCc2c(C)nc3c(C#N)cnn3c2C)cc1. The standard InChI is InChI=1S/C21H22N6O3/c1-13-18(14(2)27-20(24-13)15(11-22)12-23-27)9-10-19(28)25-16-5-7-17(8-6-16)26(3)21(29)30-4/h5-8,12H,9-10H2,1-4H3,(H,25,28). The van der Waals surface area contributed by atoms with Crippen molar-refractivity contribution in [1.82, 2.24) is 14.6 Å². The molecule has 154 valence electrons. The Morgan fingerprint density at radius 3 is 2.60 bits per heavy atom. The topological polar surface area (TPSA) is 113 Å². The molecule has 0 aliphatic carbocycles. The van der Waals surface area contributed by atoms with Crippen LogP contribution < -0.4 is 10.2 Å². The third kappa shape index (κ3) is 4.07. The normalized spacial score (nSPS) is 10.5. The summed E-state index contributed by atoms with van der Waals surface area (Å²) in [5.74, 6) is -0.138. The van der Waals surface area contributed by atoms with Gasteiger partial charge in [0.1, 0.15) is 11.6 Å². The van der Waals surface area contributed by atoms with Gasteiger partial charge < -0.3 is 10.1 Å². The van der Waals surface area contributed by atoms with Crippen molar-refractivity contribution in [1.29, 1.82) is 5.26 Å². The number of methoxy groups -OCH3 is 1. The van der Waals surface area contributed by atoms with Crippen molar-refractivity contribution >= 4 is 29.0 Å². The van der Waals surface area contributed by atoms with Gasteiger partial charge in [-0.25, -0.2) is 14.3 Å². The van der Waals surface area contributed by atoms with Gasteiger partial charge >= 0.3 is 6.09 Å². The first-order chi connectivity index (χ1) is 14.3. The van der Waals surface area contributed by atoms with E-state index in [1.54, 1.807) is 35.8 Å². The molecule has 3 aromatic rings. The van der Waals surface area contributed by atoms with E-state index in [9.17, 15) is 9.59 Å². The van der Waals surface area contributed by atoms with Crippen LogP contribution in [0.2, 0.25) is 0 Å². The summed E-state index contributed by atoms with van der Waals surface area (Å²) in [4.78, 5) is 29.8. The van der Waals surface area contributed by atoms with E-state index in [4.69, 9.17) is 5.26 Å². The molecule has 0 atom stereocenters. The van der Waals surface area contributed by atoms with Crippen LogP contribution in [0, 0.1) is 25.2 Å². The second-order valence-corrected chi connectivity index (χ2v) is 6.79. The highest BCUT2D eigenvalue weighted by Gasteiger charge is 2.15. The molecule has 2 aromatic heterocycles. The lowest BCUT2D eigenvalue weighted by Crippen LogP contribution is -2.25. The van der Waals surface area contributed by atoms with Crippen LogP contribution in [0.1, 0.15) is 28.9 Å². The number of benzene rings is 1. The highest BCUT2D eigenvalue weighted by atomic mass is 16.5. The number of nitrogens with one attached hydrogen (secondary N) is 1. The lowest BCUT2D eigenvalue weighted by atomic mass is 10.1. The Morgan fingerprint density at radius 1 is 1.27 bits per heavy atom. The molecule has 2 heterocycles. The van der Waals surface area contributed by atoms with Gasteiger partial charge in [-0.15, -0.1) is 0 Å². The molecule has 0 saturated heterocycles. The Labute approximate surface area is 173 Å². The molecule has 30 heavy (non-hydrogen) atoms. The third-order valence-corrected chi connectivity index (χ3v) is 4.92.